The van der Waals surface area contributed by atoms with Crippen LogP contribution in [0.4, 0.5) is 0 Å². The van der Waals surface area contributed by atoms with E-state index in [1.165, 1.54) is 167 Å². The molecular formula is C63H110O5. The van der Waals surface area contributed by atoms with E-state index in [1.807, 2.05) is 0 Å². The van der Waals surface area contributed by atoms with E-state index in [0.29, 0.717) is 19.4 Å². The highest BCUT2D eigenvalue weighted by atomic mass is 16.6. The molecule has 0 N–H and O–H groups in total. The first kappa shape index (κ1) is 65.1. The summed E-state index contributed by atoms with van der Waals surface area (Å²) in [6.07, 6.45) is 77.7. The van der Waals surface area contributed by atoms with Crippen molar-refractivity contribution in [3.8, 4) is 0 Å². The summed E-state index contributed by atoms with van der Waals surface area (Å²) in [4.78, 5) is 25.5. The van der Waals surface area contributed by atoms with Gasteiger partial charge in [0.25, 0.3) is 0 Å². The molecular weight excluding hydrogens is 837 g/mol. The molecule has 1 atom stereocenters. The smallest absolute Gasteiger partial charge is 0.306 e. The lowest BCUT2D eigenvalue weighted by Gasteiger charge is -2.18. The van der Waals surface area contributed by atoms with Crippen molar-refractivity contribution in [2.45, 2.75) is 284 Å². The van der Waals surface area contributed by atoms with Gasteiger partial charge in [0.1, 0.15) is 6.61 Å². The molecule has 5 heteroatoms. The van der Waals surface area contributed by atoms with Gasteiger partial charge >= 0.3 is 11.9 Å². The minimum Gasteiger partial charge on any atom is -0.462 e. The van der Waals surface area contributed by atoms with Crippen LogP contribution in [0.5, 0.6) is 0 Å². The number of ether oxygens (including phenoxy) is 3. The monoisotopic (exact) mass is 947 g/mol. The third-order valence-electron chi connectivity index (χ3n) is 12.4. The van der Waals surface area contributed by atoms with Crippen LogP contribution < -0.4 is 0 Å². The van der Waals surface area contributed by atoms with Crippen molar-refractivity contribution in [1.29, 1.82) is 0 Å². The minimum absolute atomic E-state index is 0.0510. The lowest BCUT2D eigenvalue weighted by Crippen LogP contribution is -2.30. The summed E-state index contributed by atoms with van der Waals surface area (Å²) in [6.45, 7) is 7.52. The molecule has 0 saturated carbocycles. The van der Waals surface area contributed by atoms with Crippen LogP contribution in [0.25, 0.3) is 0 Å². The predicted octanol–water partition coefficient (Wildman–Crippen LogP) is 20.0. The number of unbranched alkanes of at least 4 members (excludes halogenated alkanes) is 28. The van der Waals surface area contributed by atoms with E-state index < -0.39 is 6.10 Å². The molecule has 0 spiro atoms. The molecule has 392 valence electrons. The fourth-order valence-electron chi connectivity index (χ4n) is 8.09. The standard InChI is InChI=1S/C63H110O5/c1-4-7-10-13-16-19-22-25-28-31-32-34-35-38-41-44-47-50-53-56-62(64)67-60-61(59-66-58-55-52-49-46-43-40-37-30-27-24-21-18-15-12-9-6-3)68-63(65)57-54-51-48-45-42-39-36-33-29-26-23-20-17-14-11-8-5-2/h9,12,18,21,25-30,40,43,49,52,61H,4-8,10-11,13-17,19-20,22-24,31-39,41-42,44-48,50-51,53-60H2,1-3H3/b12-9-,21-18-,28-25-,29-26-,30-27-,43-40-,52-49-. The lowest BCUT2D eigenvalue weighted by molar-refractivity contribution is -0.162. The number of hydrogen-bond acceptors (Lipinski definition) is 5. The molecule has 0 heterocycles. The molecule has 0 bridgehead atoms. The number of carbonyl (C=O) groups is 2. The third kappa shape index (κ3) is 55.7. The summed E-state index contributed by atoms with van der Waals surface area (Å²) >= 11 is 0. The van der Waals surface area contributed by atoms with Gasteiger partial charge in [-0.2, -0.15) is 0 Å². The van der Waals surface area contributed by atoms with Crippen LogP contribution in [0, 0.1) is 0 Å². The normalized spacial score (nSPS) is 12.8. The Labute approximate surface area is 422 Å². The zero-order chi connectivity index (χ0) is 49.2. The van der Waals surface area contributed by atoms with Gasteiger partial charge in [-0.3, -0.25) is 9.59 Å². The zero-order valence-electron chi connectivity index (χ0n) is 45.1. The molecule has 0 radical (unpaired) electrons. The molecule has 0 aliphatic rings. The first-order valence-electron chi connectivity index (χ1n) is 29.1. The van der Waals surface area contributed by atoms with Crippen molar-refractivity contribution in [3.63, 3.8) is 0 Å². The average molecular weight is 948 g/mol. The van der Waals surface area contributed by atoms with Crippen LogP contribution in [0.2, 0.25) is 0 Å². The SMILES string of the molecule is CC/C=C\C/C=C\C/C=C\C/C=C\C/C=C\CCOCC(COC(=O)CCCCCCCCCCC/C=C\CCCCCCCC)OC(=O)CCCCCCCCC/C=C\CCCCCCCC. The zero-order valence-corrected chi connectivity index (χ0v) is 45.1. The number of carbonyl (C=O) groups excluding carboxylic acids is 2. The van der Waals surface area contributed by atoms with Crippen LogP contribution in [-0.2, 0) is 23.8 Å². The quantitative estimate of drug-likeness (QED) is 0.0345. The second kappa shape index (κ2) is 58.4. The van der Waals surface area contributed by atoms with E-state index in [2.05, 4.69) is 106 Å². The summed E-state index contributed by atoms with van der Waals surface area (Å²) in [5.41, 5.74) is 0. The minimum atomic E-state index is -0.583. The molecule has 68 heavy (non-hydrogen) atoms. The Bertz CT molecular complexity index is 1250. The molecule has 0 rings (SSSR count). The molecule has 0 saturated heterocycles. The van der Waals surface area contributed by atoms with Crippen molar-refractivity contribution < 1.29 is 23.8 Å². The summed E-state index contributed by atoms with van der Waals surface area (Å²) in [7, 11) is 0. The molecule has 0 aliphatic carbocycles. The largest absolute Gasteiger partial charge is 0.462 e. The Hall–Kier alpha value is -2.92. The maximum Gasteiger partial charge on any atom is 0.306 e. The van der Waals surface area contributed by atoms with Crippen LogP contribution in [-0.4, -0.2) is 37.9 Å². The Morgan fingerprint density at radius 1 is 0.338 bits per heavy atom. The molecule has 0 aromatic heterocycles. The van der Waals surface area contributed by atoms with Crippen LogP contribution in [0.1, 0.15) is 278 Å². The van der Waals surface area contributed by atoms with Gasteiger partial charge in [-0.25, -0.2) is 0 Å². The highest BCUT2D eigenvalue weighted by Crippen LogP contribution is 2.15. The fraction of sp³-hybridized carbons (Fsp3) is 0.746. The van der Waals surface area contributed by atoms with E-state index in [0.717, 1.165) is 77.0 Å². The van der Waals surface area contributed by atoms with Gasteiger partial charge < -0.3 is 14.2 Å². The Morgan fingerprint density at radius 3 is 1.06 bits per heavy atom. The lowest BCUT2D eigenvalue weighted by atomic mass is 10.1. The van der Waals surface area contributed by atoms with Gasteiger partial charge in [0.05, 0.1) is 13.2 Å². The predicted molar refractivity (Wildman–Crippen MR) is 297 cm³/mol. The van der Waals surface area contributed by atoms with Gasteiger partial charge in [-0.1, -0.05) is 247 Å². The van der Waals surface area contributed by atoms with E-state index in [9.17, 15) is 9.59 Å². The first-order chi connectivity index (χ1) is 33.6. The Kier molecular flexibility index (Phi) is 55.9. The average Bonchev–Trinajstić information content (AvgIpc) is 3.34. The van der Waals surface area contributed by atoms with E-state index in [-0.39, 0.29) is 25.2 Å². The van der Waals surface area contributed by atoms with Crippen molar-refractivity contribution in [2.24, 2.45) is 0 Å². The summed E-state index contributed by atoms with van der Waals surface area (Å²) in [5, 5.41) is 0. The molecule has 1 unspecified atom stereocenters. The second-order valence-corrected chi connectivity index (χ2v) is 19.2. The highest BCUT2D eigenvalue weighted by molar-refractivity contribution is 5.70. The fourth-order valence-corrected chi connectivity index (χ4v) is 8.09. The van der Waals surface area contributed by atoms with E-state index in [4.69, 9.17) is 14.2 Å². The van der Waals surface area contributed by atoms with E-state index in [1.54, 1.807) is 0 Å². The molecule has 0 aromatic rings. The van der Waals surface area contributed by atoms with Crippen molar-refractivity contribution in [1.82, 2.24) is 0 Å². The maximum absolute atomic E-state index is 12.9. The van der Waals surface area contributed by atoms with Crippen LogP contribution in [0.15, 0.2) is 85.1 Å². The van der Waals surface area contributed by atoms with Crippen molar-refractivity contribution in [2.75, 3.05) is 19.8 Å². The molecule has 5 nitrogen and oxygen atoms in total. The van der Waals surface area contributed by atoms with Crippen molar-refractivity contribution in [3.05, 3.63) is 85.1 Å². The van der Waals surface area contributed by atoms with Gasteiger partial charge in [0.2, 0.25) is 0 Å². The van der Waals surface area contributed by atoms with Crippen LogP contribution >= 0.6 is 0 Å². The van der Waals surface area contributed by atoms with Gasteiger partial charge in [0.15, 0.2) is 6.10 Å². The molecule has 0 aliphatic heterocycles. The van der Waals surface area contributed by atoms with E-state index >= 15 is 0 Å². The number of hydrogen-bond donors (Lipinski definition) is 0. The molecule has 0 amide bonds. The summed E-state index contributed by atoms with van der Waals surface area (Å²) < 4.78 is 17.4. The Morgan fingerprint density at radius 2 is 0.662 bits per heavy atom. The Balaban J connectivity index is 4.36. The topological polar surface area (TPSA) is 61.8 Å². The second-order valence-electron chi connectivity index (χ2n) is 19.2. The van der Waals surface area contributed by atoms with Crippen LogP contribution in [0.3, 0.4) is 0 Å². The summed E-state index contributed by atoms with van der Waals surface area (Å²) in [5.74, 6) is -0.439. The molecule has 0 aromatic carbocycles. The third-order valence-corrected chi connectivity index (χ3v) is 12.4. The maximum atomic E-state index is 12.9. The van der Waals surface area contributed by atoms with Gasteiger partial charge in [-0.05, 0) is 103 Å². The number of rotatable bonds is 53. The summed E-state index contributed by atoms with van der Waals surface area (Å²) in [6, 6.07) is 0. The number of esters is 2. The van der Waals surface area contributed by atoms with Gasteiger partial charge in [-0.15, -0.1) is 0 Å². The molecule has 0 fully saturated rings. The van der Waals surface area contributed by atoms with Gasteiger partial charge in [0, 0.05) is 12.8 Å². The highest BCUT2D eigenvalue weighted by Gasteiger charge is 2.17. The first-order valence-corrected chi connectivity index (χ1v) is 29.1. The number of allylic oxidation sites excluding steroid dienone is 13. The van der Waals surface area contributed by atoms with Crippen molar-refractivity contribution >= 4 is 11.9 Å².